The van der Waals surface area contributed by atoms with Crippen molar-refractivity contribution in [2.24, 2.45) is 7.05 Å². The second-order valence-electron chi connectivity index (χ2n) is 5.88. The monoisotopic (exact) mass is 314 g/mol. The number of hydrogen-bond donors (Lipinski definition) is 0. The van der Waals surface area contributed by atoms with Crippen LogP contribution in [0.1, 0.15) is 17.0 Å². The highest BCUT2D eigenvalue weighted by Gasteiger charge is 2.23. The van der Waals surface area contributed by atoms with Crippen LogP contribution >= 0.6 is 0 Å². The van der Waals surface area contributed by atoms with Crippen LogP contribution in [0.15, 0.2) is 18.6 Å². The topological polar surface area (TPSA) is 67.2 Å². The van der Waals surface area contributed by atoms with E-state index >= 15 is 0 Å². The fourth-order valence-electron chi connectivity index (χ4n) is 2.98. The van der Waals surface area contributed by atoms with E-state index < -0.39 is 0 Å². The Morgan fingerprint density at radius 2 is 1.91 bits per heavy atom. The molecule has 0 bridgehead atoms. The van der Waals surface area contributed by atoms with Gasteiger partial charge < -0.3 is 9.80 Å². The van der Waals surface area contributed by atoms with Crippen molar-refractivity contribution in [3.8, 4) is 0 Å². The molecule has 0 aromatic carbocycles. The van der Waals surface area contributed by atoms with E-state index in [2.05, 4.69) is 20.0 Å². The van der Waals surface area contributed by atoms with E-state index in [0.29, 0.717) is 19.5 Å². The van der Waals surface area contributed by atoms with Crippen LogP contribution in [0.3, 0.4) is 0 Å². The second-order valence-corrected chi connectivity index (χ2v) is 5.88. The zero-order valence-electron chi connectivity index (χ0n) is 13.9. The third kappa shape index (κ3) is 3.18. The molecular formula is C16H22N6O. The Bertz CT molecular complexity index is 688. The average molecular weight is 314 g/mol. The summed E-state index contributed by atoms with van der Waals surface area (Å²) in [6.07, 6.45) is 5.55. The number of hydrogen-bond acceptors (Lipinski definition) is 5. The summed E-state index contributed by atoms with van der Waals surface area (Å²) in [5, 5.41) is 4.38. The lowest BCUT2D eigenvalue weighted by Gasteiger charge is -2.35. The Hall–Kier alpha value is -2.44. The van der Waals surface area contributed by atoms with Crippen LogP contribution in [0.25, 0.3) is 0 Å². The molecule has 7 heteroatoms. The minimum atomic E-state index is 0.169. The van der Waals surface area contributed by atoms with Gasteiger partial charge in [0.15, 0.2) is 0 Å². The second kappa shape index (κ2) is 6.36. The molecule has 0 saturated carbocycles. The number of aromatic nitrogens is 4. The van der Waals surface area contributed by atoms with Gasteiger partial charge in [0.2, 0.25) is 5.91 Å². The molecule has 2 aromatic rings. The van der Waals surface area contributed by atoms with Gasteiger partial charge >= 0.3 is 0 Å². The molecule has 0 N–H and O–H groups in total. The number of aryl methyl sites for hydroxylation is 2. The maximum atomic E-state index is 12.6. The highest BCUT2D eigenvalue weighted by Crippen LogP contribution is 2.16. The molecule has 0 spiro atoms. The van der Waals surface area contributed by atoms with Crippen LogP contribution in [0, 0.1) is 13.8 Å². The van der Waals surface area contributed by atoms with Crippen molar-refractivity contribution in [2.45, 2.75) is 20.3 Å². The SMILES string of the molecule is Cc1nn(C)c(C)c1CC(=O)N1CCN(c2cnccn2)CC1. The number of carbonyl (C=O) groups excluding carboxylic acids is 1. The van der Waals surface area contributed by atoms with Gasteiger partial charge in [0.05, 0.1) is 18.3 Å². The van der Waals surface area contributed by atoms with Gasteiger partial charge in [-0.15, -0.1) is 0 Å². The van der Waals surface area contributed by atoms with Crippen molar-refractivity contribution >= 4 is 11.7 Å². The van der Waals surface area contributed by atoms with Gasteiger partial charge in [0.25, 0.3) is 0 Å². The molecule has 3 heterocycles. The van der Waals surface area contributed by atoms with Gasteiger partial charge in [-0.3, -0.25) is 14.5 Å². The maximum Gasteiger partial charge on any atom is 0.227 e. The number of carbonyl (C=O) groups is 1. The zero-order chi connectivity index (χ0) is 16.4. The van der Waals surface area contributed by atoms with Crippen molar-refractivity contribution in [3.05, 3.63) is 35.5 Å². The van der Waals surface area contributed by atoms with Crippen LogP contribution in [0.4, 0.5) is 5.82 Å². The van der Waals surface area contributed by atoms with Gasteiger partial charge in [-0.1, -0.05) is 0 Å². The van der Waals surface area contributed by atoms with Crippen molar-refractivity contribution in [3.63, 3.8) is 0 Å². The summed E-state index contributed by atoms with van der Waals surface area (Å²) in [6, 6.07) is 0. The van der Waals surface area contributed by atoms with Crippen molar-refractivity contribution in [1.82, 2.24) is 24.6 Å². The van der Waals surface area contributed by atoms with Crippen LogP contribution in [-0.4, -0.2) is 56.7 Å². The molecule has 1 aliphatic rings. The molecule has 1 aliphatic heterocycles. The Balaban J connectivity index is 1.60. The minimum absolute atomic E-state index is 0.169. The lowest BCUT2D eigenvalue weighted by atomic mass is 10.1. The molecule has 0 unspecified atom stereocenters. The predicted octanol–water partition coefficient (Wildman–Crippen LogP) is 0.718. The third-order valence-corrected chi connectivity index (χ3v) is 4.49. The van der Waals surface area contributed by atoms with Gasteiger partial charge in [0.1, 0.15) is 5.82 Å². The summed E-state index contributed by atoms with van der Waals surface area (Å²) in [5.74, 6) is 1.04. The fraction of sp³-hybridized carbons (Fsp3) is 0.500. The zero-order valence-corrected chi connectivity index (χ0v) is 13.9. The predicted molar refractivity (Wildman–Crippen MR) is 87.2 cm³/mol. The lowest BCUT2D eigenvalue weighted by molar-refractivity contribution is -0.130. The number of anilines is 1. The van der Waals surface area contributed by atoms with Crippen molar-refractivity contribution in [2.75, 3.05) is 31.1 Å². The summed E-state index contributed by atoms with van der Waals surface area (Å²) in [4.78, 5) is 25.1. The maximum absolute atomic E-state index is 12.6. The van der Waals surface area contributed by atoms with E-state index in [4.69, 9.17) is 0 Å². The number of amides is 1. The van der Waals surface area contributed by atoms with Crippen LogP contribution in [0.2, 0.25) is 0 Å². The van der Waals surface area contributed by atoms with Crippen LogP contribution in [-0.2, 0) is 18.3 Å². The Morgan fingerprint density at radius 3 is 2.48 bits per heavy atom. The molecule has 3 rings (SSSR count). The lowest BCUT2D eigenvalue weighted by Crippen LogP contribution is -2.49. The summed E-state index contributed by atoms with van der Waals surface area (Å²) < 4.78 is 1.84. The quantitative estimate of drug-likeness (QED) is 0.835. The largest absolute Gasteiger partial charge is 0.352 e. The molecule has 0 aliphatic carbocycles. The average Bonchev–Trinajstić information content (AvgIpc) is 2.82. The van der Waals surface area contributed by atoms with Gasteiger partial charge in [-0.05, 0) is 13.8 Å². The number of rotatable bonds is 3. The van der Waals surface area contributed by atoms with Crippen molar-refractivity contribution in [1.29, 1.82) is 0 Å². The summed E-state index contributed by atoms with van der Waals surface area (Å²) in [5.41, 5.74) is 3.06. The van der Waals surface area contributed by atoms with E-state index in [1.54, 1.807) is 18.6 Å². The minimum Gasteiger partial charge on any atom is -0.352 e. The summed E-state index contributed by atoms with van der Waals surface area (Å²) in [7, 11) is 1.91. The van der Waals surface area contributed by atoms with Gasteiger partial charge in [-0.25, -0.2) is 4.98 Å². The number of nitrogens with zero attached hydrogens (tertiary/aromatic N) is 6. The first-order chi connectivity index (χ1) is 11.1. The summed E-state index contributed by atoms with van der Waals surface area (Å²) >= 11 is 0. The van der Waals surface area contributed by atoms with Crippen molar-refractivity contribution < 1.29 is 4.79 Å². The Labute approximate surface area is 135 Å². The Morgan fingerprint density at radius 1 is 1.17 bits per heavy atom. The molecule has 122 valence electrons. The van der Waals surface area contributed by atoms with Crippen LogP contribution < -0.4 is 4.90 Å². The highest BCUT2D eigenvalue weighted by atomic mass is 16.2. The standard InChI is InChI=1S/C16H22N6O/c1-12-14(13(2)20(3)19-12)10-16(23)22-8-6-21(7-9-22)15-11-17-4-5-18-15/h4-5,11H,6-10H2,1-3H3. The molecule has 0 radical (unpaired) electrons. The molecule has 1 fully saturated rings. The van der Waals surface area contributed by atoms with E-state index in [0.717, 1.165) is 35.9 Å². The van der Waals surface area contributed by atoms with E-state index in [-0.39, 0.29) is 5.91 Å². The van der Waals surface area contributed by atoms with Gasteiger partial charge in [-0.2, -0.15) is 5.10 Å². The summed E-state index contributed by atoms with van der Waals surface area (Å²) in [6.45, 7) is 6.97. The van der Waals surface area contributed by atoms with Gasteiger partial charge in [0, 0.05) is 56.9 Å². The fourth-order valence-corrected chi connectivity index (χ4v) is 2.98. The van der Waals surface area contributed by atoms with E-state index in [1.807, 2.05) is 30.5 Å². The molecule has 1 amide bonds. The molecule has 23 heavy (non-hydrogen) atoms. The third-order valence-electron chi connectivity index (χ3n) is 4.49. The first kappa shape index (κ1) is 15.5. The number of piperazine rings is 1. The van der Waals surface area contributed by atoms with E-state index in [9.17, 15) is 4.79 Å². The Kier molecular flexibility index (Phi) is 4.27. The molecule has 0 atom stereocenters. The van der Waals surface area contributed by atoms with E-state index in [1.165, 1.54) is 0 Å². The first-order valence-electron chi connectivity index (χ1n) is 7.84. The molecule has 7 nitrogen and oxygen atoms in total. The molecule has 2 aromatic heterocycles. The highest BCUT2D eigenvalue weighted by molar-refractivity contribution is 5.79. The smallest absolute Gasteiger partial charge is 0.227 e. The first-order valence-corrected chi connectivity index (χ1v) is 7.84. The molecule has 1 saturated heterocycles. The molecular weight excluding hydrogens is 292 g/mol. The normalized spacial score (nSPS) is 15.1. The van der Waals surface area contributed by atoms with Crippen LogP contribution in [0.5, 0.6) is 0 Å².